The minimum Gasteiger partial charge on any atom is -0.508 e. The van der Waals surface area contributed by atoms with Crippen LogP contribution in [-0.4, -0.2) is 20.0 Å². The van der Waals surface area contributed by atoms with Crippen LogP contribution in [0.25, 0.3) is 49.3 Å². The van der Waals surface area contributed by atoms with E-state index in [4.69, 9.17) is 12.6 Å². The topological polar surface area (TPSA) is 47.2 Å². The molecule has 0 saturated heterocycles. The van der Waals surface area contributed by atoms with Crippen LogP contribution in [0.1, 0.15) is 46.7 Å². The largest absolute Gasteiger partial charge is 0.508 e. The minimum absolute atomic E-state index is 0.0468. The second-order valence-corrected chi connectivity index (χ2v) is 14.1. The summed E-state index contributed by atoms with van der Waals surface area (Å²) >= 11 is 4.85. The van der Waals surface area contributed by atoms with Gasteiger partial charge in [-0.25, -0.2) is 0 Å². The maximum absolute atomic E-state index is 14.1. The third-order valence-corrected chi connectivity index (χ3v) is 10.2. The number of hydrogen-bond donors (Lipinski definition) is 2. The number of rotatable bonds is 6. The number of ketones is 1. The highest BCUT2D eigenvalue weighted by molar-refractivity contribution is 7.84. The molecule has 5 heteroatoms. The standard InChI is InChI=1S/C44H42N2O2S/c1-8-31(10-9-17-45-41-28(5)18-26(3)21-36(41)37-22-27(4)19-29(6)42(37)45)44(48)34-14-12-32(13-16-40(34)49)46-39-15-11-25(2)20-35(39)38-24-33(47)23-30(7)43(38)46/h8-15,18-24,47,49H,16-17H2,1-7H3/b10-9-,31-8+. The molecule has 0 radical (unpaired) electrons. The Morgan fingerprint density at radius 3 is 2.04 bits per heavy atom. The summed E-state index contributed by atoms with van der Waals surface area (Å²) in [6.45, 7) is 15.4. The molecule has 0 unspecified atom stereocenters. The van der Waals surface area contributed by atoms with E-state index < -0.39 is 0 Å². The van der Waals surface area contributed by atoms with Crippen molar-refractivity contribution in [3.8, 4) is 5.75 Å². The lowest BCUT2D eigenvalue weighted by molar-refractivity contribution is -0.111. The number of aryl methyl sites for hydroxylation is 6. The lowest BCUT2D eigenvalue weighted by atomic mass is 10.0. The van der Waals surface area contributed by atoms with Crippen molar-refractivity contribution in [1.82, 2.24) is 9.13 Å². The summed E-state index contributed by atoms with van der Waals surface area (Å²) in [6.07, 6.45) is 12.5. The first-order valence-electron chi connectivity index (χ1n) is 16.9. The molecular weight excluding hydrogens is 621 g/mol. The predicted molar refractivity (Wildman–Crippen MR) is 211 cm³/mol. The Morgan fingerprint density at radius 2 is 1.39 bits per heavy atom. The zero-order valence-electron chi connectivity index (χ0n) is 29.3. The molecule has 2 heterocycles. The fourth-order valence-corrected chi connectivity index (χ4v) is 8.08. The van der Waals surface area contributed by atoms with E-state index in [9.17, 15) is 9.90 Å². The number of allylic oxidation sites excluding steroid dienone is 10. The van der Waals surface area contributed by atoms with Crippen LogP contribution in [0.2, 0.25) is 0 Å². The van der Waals surface area contributed by atoms with Gasteiger partial charge in [-0.15, -0.1) is 12.6 Å². The van der Waals surface area contributed by atoms with Crippen molar-refractivity contribution >= 4 is 67.7 Å². The van der Waals surface area contributed by atoms with Gasteiger partial charge in [0.15, 0.2) is 5.78 Å². The molecule has 2 aromatic heterocycles. The van der Waals surface area contributed by atoms with Crippen LogP contribution in [0.3, 0.4) is 0 Å². The van der Waals surface area contributed by atoms with Gasteiger partial charge in [0.2, 0.25) is 0 Å². The van der Waals surface area contributed by atoms with Crippen LogP contribution in [0, 0.1) is 41.5 Å². The molecule has 0 aliphatic heterocycles. The summed E-state index contributed by atoms with van der Waals surface area (Å²) in [5.74, 6) is 0.207. The molecule has 0 atom stereocenters. The van der Waals surface area contributed by atoms with E-state index in [0.29, 0.717) is 24.1 Å². The smallest absolute Gasteiger partial charge is 0.193 e. The van der Waals surface area contributed by atoms with Gasteiger partial charge in [0, 0.05) is 44.9 Å². The Kier molecular flexibility index (Phi) is 8.28. The number of phenolic OH excluding ortho intramolecular Hbond substituents is 1. The number of aromatic hydroxyl groups is 1. The highest BCUT2D eigenvalue weighted by Gasteiger charge is 2.20. The highest BCUT2D eigenvalue weighted by Crippen LogP contribution is 2.39. The molecule has 0 spiro atoms. The van der Waals surface area contributed by atoms with E-state index in [-0.39, 0.29) is 11.5 Å². The van der Waals surface area contributed by atoms with Gasteiger partial charge < -0.3 is 14.2 Å². The molecule has 0 fully saturated rings. The summed E-state index contributed by atoms with van der Waals surface area (Å²) < 4.78 is 4.63. The first kappa shape index (κ1) is 32.5. The second kappa shape index (κ2) is 12.5. The molecule has 7 rings (SSSR count). The molecule has 0 saturated carbocycles. The molecule has 0 amide bonds. The van der Waals surface area contributed by atoms with Crippen molar-refractivity contribution in [1.29, 1.82) is 0 Å². The number of fused-ring (bicyclic) bond motifs is 6. The predicted octanol–water partition coefficient (Wildman–Crippen LogP) is 11.2. The molecule has 246 valence electrons. The molecule has 1 N–H and O–H groups in total. The van der Waals surface area contributed by atoms with Gasteiger partial charge in [-0.05, 0) is 125 Å². The van der Waals surface area contributed by atoms with Crippen LogP contribution in [-0.2, 0) is 11.3 Å². The molecule has 6 aromatic rings. The number of phenols is 1. The number of carbonyl (C=O) groups excluding carboxylic acids is 1. The summed E-state index contributed by atoms with van der Waals surface area (Å²) in [5, 5.41) is 15.1. The number of benzene rings is 4. The van der Waals surface area contributed by atoms with Crippen LogP contribution in [0.4, 0.5) is 0 Å². The lowest BCUT2D eigenvalue weighted by Crippen LogP contribution is -2.05. The van der Waals surface area contributed by atoms with Gasteiger partial charge in [0.25, 0.3) is 0 Å². The average molecular weight is 663 g/mol. The third-order valence-electron chi connectivity index (χ3n) is 9.81. The zero-order chi connectivity index (χ0) is 34.7. The summed E-state index contributed by atoms with van der Waals surface area (Å²) in [4.78, 5) is 14.8. The summed E-state index contributed by atoms with van der Waals surface area (Å²) in [5.41, 5.74) is 13.9. The van der Waals surface area contributed by atoms with Crippen molar-refractivity contribution in [3.63, 3.8) is 0 Å². The fourth-order valence-electron chi connectivity index (χ4n) is 7.81. The van der Waals surface area contributed by atoms with Crippen molar-refractivity contribution < 1.29 is 9.90 Å². The van der Waals surface area contributed by atoms with E-state index in [1.807, 2.05) is 44.2 Å². The number of Topliss-reactive ketones (excluding diaryl/α,β-unsaturated/α-hetero) is 1. The molecule has 4 nitrogen and oxygen atoms in total. The van der Waals surface area contributed by atoms with Gasteiger partial charge >= 0.3 is 0 Å². The molecule has 1 aliphatic rings. The van der Waals surface area contributed by atoms with Crippen LogP contribution < -0.4 is 0 Å². The third kappa shape index (κ3) is 5.56. The SMILES string of the molecule is C/C=C(\C=C/Cn1c2c(C)cc(C)cc2c2cc(C)cc(C)c21)C(=O)C1=C(S)CC=C(n2c3ccc(C)cc3c3cc(O)cc(C)c32)C=C1. The van der Waals surface area contributed by atoms with E-state index in [1.165, 1.54) is 44.1 Å². The molecular formula is C44H42N2O2S. The Labute approximate surface area is 293 Å². The van der Waals surface area contributed by atoms with Crippen LogP contribution in [0.15, 0.2) is 107 Å². The van der Waals surface area contributed by atoms with Gasteiger partial charge in [-0.1, -0.05) is 59.2 Å². The minimum atomic E-state index is -0.0468. The lowest BCUT2D eigenvalue weighted by Gasteiger charge is -2.11. The van der Waals surface area contributed by atoms with E-state index in [1.54, 1.807) is 6.07 Å². The van der Waals surface area contributed by atoms with Gasteiger partial charge in [-0.2, -0.15) is 0 Å². The quantitative estimate of drug-likeness (QED) is 0.106. The van der Waals surface area contributed by atoms with Crippen molar-refractivity contribution in [2.45, 2.75) is 61.4 Å². The van der Waals surface area contributed by atoms with Crippen LogP contribution >= 0.6 is 12.6 Å². The average Bonchev–Trinajstić information content (AvgIpc) is 3.44. The first-order chi connectivity index (χ1) is 23.5. The number of hydrogen-bond acceptors (Lipinski definition) is 3. The van der Waals surface area contributed by atoms with E-state index in [0.717, 1.165) is 43.5 Å². The molecule has 49 heavy (non-hydrogen) atoms. The monoisotopic (exact) mass is 662 g/mol. The highest BCUT2D eigenvalue weighted by atomic mass is 32.1. The summed E-state index contributed by atoms with van der Waals surface area (Å²) in [6, 6.07) is 19.1. The number of aromatic nitrogens is 2. The van der Waals surface area contributed by atoms with E-state index >= 15 is 0 Å². The van der Waals surface area contributed by atoms with Crippen LogP contribution in [0.5, 0.6) is 5.75 Å². The zero-order valence-corrected chi connectivity index (χ0v) is 30.2. The normalized spacial score (nSPS) is 14.3. The maximum Gasteiger partial charge on any atom is 0.193 e. The van der Waals surface area contributed by atoms with E-state index in [2.05, 4.69) is 98.4 Å². The molecule has 4 aromatic carbocycles. The number of nitrogens with zero attached hydrogens (tertiary/aromatic N) is 2. The first-order valence-corrected chi connectivity index (χ1v) is 17.3. The fraction of sp³-hybridized carbons (Fsp3) is 0.205. The molecule has 1 aliphatic carbocycles. The Balaban J connectivity index is 1.22. The Hall–Kier alpha value is -5.00. The van der Waals surface area contributed by atoms with Crippen molar-refractivity contribution in [2.24, 2.45) is 0 Å². The van der Waals surface area contributed by atoms with Gasteiger partial charge in [-0.3, -0.25) is 4.79 Å². The number of thiol groups is 1. The van der Waals surface area contributed by atoms with Crippen molar-refractivity contribution in [2.75, 3.05) is 0 Å². The molecule has 0 bridgehead atoms. The maximum atomic E-state index is 14.1. The van der Waals surface area contributed by atoms with Crippen molar-refractivity contribution in [3.05, 3.63) is 140 Å². The van der Waals surface area contributed by atoms with Gasteiger partial charge in [0.05, 0.1) is 22.1 Å². The second-order valence-electron chi connectivity index (χ2n) is 13.6. The summed E-state index contributed by atoms with van der Waals surface area (Å²) in [7, 11) is 0. The Bertz CT molecular complexity index is 2480. The number of carbonyl (C=O) groups is 1. The van der Waals surface area contributed by atoms with Gasteiger partial charge in [0.1, 0.15) is 5.75 Å². The Morgan fingerprint density at radius 1 is 0.776 bits per heavy atom.